The Bertz CT molecular complexity index is 1280. The van der Waals surface area contributed by atoms with Crippen molar-refractivity contribution in [1.29, 1.82) is 0 Å². The summed E-state index contributed by atoms with van der Waals surface area (Å²) in [5.41, 5.74) is 2.32. The van der Waals surface area contributed by atoms with Crippen LogP contribution in [0.25, 0.3) is 10.2 Å². The molecule has 7 nitrogen and oxygen atoms in total. The van der Waals surface area contributed by atoms with Gasteiger partial charge in [0, 0.05) is 16.1 Å². The average Bonchev–Trinajstić information content (AvgIpc) is 3.35. The summed E-state index contributed by atoms with van der Waals surface area (Å²) in [7, 11) is 0. The zero-order valence-electron chi connectivity index (χ0n) is 15.5. The average molecular weight is 501 g/mol. The van der Waals surface area contributed by atoms with Gasteiger partial charge in [0.15, 0.2) is 0 Å². The zero-order chi connectivity index (χ0) is 21.3. The minimum absolute atomic E-state index is 0.0118. The molecule has 0 saturated heterocycles. The quantitative estimate of drug-likeness (QED) is 0.190. The number of nitro groups is 1. The van der Waals surface area contributed by atoms with Crippen molar-refractivity contribution in [3.63, 3.8) is 0 Å². The van der Waals surface area contributed by atoms with Crippen LogP contribution in [0.5, 0.6) is 0 Å². The third-order valence-corrected chi connectivity index (χ3v) is 6.58. The van der Waals surface area contributed by atoms with E-state index < -0.39 is 4.92 Å². The number of aryl methyl sites for hydroxylation is 1. The molecule has 0 radical (unpaired) electrons. The number of amides is 1. The van der Waals surface area contributed by atoms with E-state index in [1.807, 2.05) is 25.1 Å². The Kier molecular flexibility index (Phi) is 5.71. The number of hydrogen-bond acceptors (Lipinski definition) is 7. The number of halogens is 1. The van der Waals surface area contributed by atoms with Gasteiger partial charge in [0.1, 0.15) is 0 Å². The summed E-state index contributed by atoms with van der Waals surface area (Å²) in [6, 6.07) is 15.8. The molecule has 2 heterocycles. The van der Waals surface area contributed by atoms with Crippen molar-refractivity contribution in [1.82, 2.24) is 4.98 Å². The predicted octanol–water partition coefficient (Wildman–Crippen LogP) is 6.02. The number of rotatable bonds is 5. The molecule has 0 atom stereocenters. The van der Waals surface area contributed by atoms with E-state index in [-0.39, 0.29) is 10.9 Å². The molecule has 150 valence electrons. The van der Waals surface area contributed by atoms with E-state index >= 15 is 0 Å². The van der Waals surface area contributed by atoms with E-state index in [0.29, 0.717) is 15.6 Å². The highest BCUT2D eigenvalue weighted by molar-refractivity contribution is 9.10. The van der Waals surface area contributed by atoms with Crippen molar-refractivity contribution in [3.05, 3.63) is 85.2 Å². The summed E-state index contributed by atoms with van der Waals surface area (Å²) in [6.07, 6.45) is 1.44. The first kappa shape index (κ1) is 20.3. The molecule has 0 N–H and O–H groups in total. The minimum Gasteiger partial charge on any atom is -0.267 e. The Labute approximate surface area is 187 Å². The first-order chi connectivity index (χ1) is 14.4. The van der Waals surface area contributed by atoms with Crippen molar-refractivity contribution in [2.75, 3.05) is 5.01 Å². The smallest absolute Gasteiger partial charge is 0.267 e. The summed E-state index contributed by atoms with van der Waals surface area (Å²) in [6.45, 7) is 1.99. The van der Waals surface area contributed by atoms with Gasteiger partial charge in [-0.3, -0.25) is 14.9 Å². The first-order valence-corrected chi connectivity index (χ1v) is 11.1. The summed E-state index contributed by atoms with van der Waals surface area (Å²) in [5, 5.41) is 16.9. The first-order valence-electron chi connectivity index (χ1n) is 8.66. The number of hydrazone groups is 1. The summed E-state index contributed by atoms with van der Waals surface area (Å²) in [4.78, 5) is 28.8. The van der Waals surface area contributed by atoms with Crippen LogP contribution in [0, 0.1) is 17.0 Å². The highest BCUT2D eigenvalue weighted by Crippen LogP contribution is 2.31. The maximum Gasteiger partial charge on any atom is 0.324 e. The van der Waals surface area contributed by atoms with E-state index in [4.69, 9.17) is 0 Å². The number of benzene rings is 2. The Morgan fingerprint density at radius 3 is 2.63 bits per heavy atom. The molecule has 4 aromatic rings. The number of carbonyl (C=O) groups is 1. The molecule has 0 aliphatic carbocycles. The van der Waals surface area contributed by atoms with Crippen LogP contribution in [0.1, 0.15) is 20.8 Å². The van der Waals surface area contributed by atoms with Gasteiger partial charge in [0.05, 0.1) is 26.2 Å². The van der Waals surface area contributed by atoms with Gasteiger partial charge in [-0.2, -0.15) is 10.1 Å². The molecule has 0 spiro atoms. The number of nitrogens with zero attached hydrogens (tertiary/aromatic N) is 4. The molecule has 0 aliphatic heterocycles. The second kappa shape index (κ2) is 8.42. The fourth-order valence-corrected chi connectivity index (χ4v) is 4.61. The van der Waals surface area contributed by atoms with Crippen molar-refractivity contribution in [2.45, 2.75) is 6.92 Å². The topological polar surface area (TPSA) is 88.7 Å². The molecule has 2 aromatic heterocycles. The molecule has 0 unspecified atom stereocenters. The van der Waals surface area contributed by atoms with Crippen LogP contribution in [-0.2, 0) is 0 Å². The SMILES string of the molecule is Cc1ccc2nc(N(/N=C/c3ccc([N+](=O)[O-])s3)C(=O)c3ccc(Br)cc3)sc2c1. The number of thiophene rings is 1. The third-order valence-electron chi connectivity index (χ3n) is 4.09. The van der Waals surface area contributed by atoms with E-state index in [0.717, 1.165) is 31.6 Å². The number of thiazole rings is 1. The Morgan fingerprint density at radius 1 is 1.17 bits per heavy atom. The van der Waals surface area contributed by atoms with Crippen LogP contribution in [0.4, 0.5) is 10.1 Å². The monoisotopic (exact) mass is 500 g/mol. The molecule has 10 heteroatoms. The Hall–Kier alpha value is -2.95. The van der Waals surface area contributed by atoms with Crippen LogP contribution >= 0.6 is 38.6 Å². The molecule has 0 aliphatic rings. The second-order valence-electron chi connectivity index (χ2n) is 6.27. The highest BCUT2D eigenvalue weighted by Gasteiger charge is 2.21. The number of anilines is 1. The maximum absolute atomic E-state index is 13.2. The molecule has 30 heavy (non-hydrogen) atoms. The third kappa shape index (κ3) is 4.30. The van der Waals surface area contributed by atoms with Gasteiger partial charge in [0.2, 0.25) is 5.13 Å². The lowest BCUT2D eigenvalue weighted by Gasteiger charge is -2.13. The Morgan fingerprint density at radius 2 is 1.93 bits per heavy atom. The fourth-order valence-electron chi connectivity index (χ4n) is 2.64. The summed E-state index contributed by atoms with van der Waals surface area (Å²) in [5.74, 6) is -0.347. The van der Waals surface area contributed by atoms with Gasteiger partial charge in [-0.25, -0.2) is 4.98 Å². The molecule has 0 bridgehead atoms. The normalized spacial score (nSPS) is 11.3. The lowest BCUT2D eigenvalue weighted by atomic mass is 10.2. The number of hydrogen-bond donors (Lipinski definition) is 0. The van der Waals surface area contributed by atoms with E-state index in [1.54, 1.807) is 30.3 Å². The van der Waals surface area contributed by atoms with E-state index in [1.165, 1.54) is 28.6 Å². The van der Waals surface area contributed by atoms with Gasteiger partial charge in [-0.05, 0) is 55.0 Å². The van der Waals surface area contributed by atoms with Gasteiger partial charge >= 0.3 is 5.00 Å². The molecule has 1 amide bonds. The number of fused-ring (bicyclic) bond motifs is 1. The standard InChI is InChI=1S/C20H13BrN4O3S2/c1-12-2-8-16-17(10-12)30-20(23-16)24(19(26)13-3-5-14(21)6-4-13)22-11-15-7-9-18(29-15)25(27)28/h2-11H,1H3/b22-11+. The van der Waals surface area contributed by atoms with Crippen molar-refractivity contribution < 1.29 is 9.72 Å². The van der Waals surface area contributed by atoms with Gasteiger partial charge in [0.25, 0.3) is 5.91 Å². The van der Waals surface area contributed by atoms with Crippen molar-refractivity contribution >= 4 is 71.1 Å². The molecule has 0 saturated carbocycles. The molecular weight excluding hydrogens is 488 g/mol. The fraction of sp³-hybridized carbons (Fsp3) is 0.0500. The van der Waals surface area contributed by atoms with Gasteiger partial charge < -0.3 is 0 Å². The van der Waals surface area contributed by atoms with Crippen LogP contribution < -0.4 is 5.01 Å². The van der Waals surface area contributed by atoms with E-state index in [9.17, 15) is 14.9 Å². The molecule has 0 fully saturated rings. The lowest BCUT2D eigenvalue weighted by molar-refractivity contribution is -0.380. The molecule has 4 rings (SSSR count). The summed E-state index contributed by atoms with van der Waals surface area (Å²) < 4.78 is 1.80. The number of carbonyl (C=O) groups excluding carboxylic acids is 1. The van der Waals surface area contributed by atoms with Crippen LogP contribution in [-0.4, -0.2) is 22.0 Å². The van der Waals surface area contributed by atoms with Crippen LogP contribution in [0.2, 0.25) is 0 Å². The molecule has 2 aromatic carbocycles. The number of aromatic nitrogens is 1. The molecular formula is C20H13BrN4O3S2. The van der Waals surface area contributed by atoms with Crippen molar-refractivity contribution in [2.24, 2.45) is 5.10 Å². The summed E-state index contributed by atoms with van der Waals surface area (Å²) >= 11 is 5.71. The zero-order valence-corrected chi connectivity index (χ0v) is 18.7. The maximum atomic E-state index is 13.2. The Balaban J connectivity index is 1.74. The highest BCUT2D eigenvalue weighted by atomic mass is 79.9. The predicted molar refractivity (Wildman–Crippen MR) is 124 cm³/mol. The largest absolute Gasteiger partial charge is 0.324 e. The second-order valence-corrected chi connectivity index (χ2v) is 9.29. The van der Waals surface area contributed by atoms with Gasteiger partial charge in [-0.1, -0.05) is 44.7 Å². The lowest BCUT2D eigenvalue weighted by Crippen LogP contribution is -2.25. The van der Waals surface area contributed by atoms with Gasteiger partial charge in [-0.15, -0.1) is 0 Å². The van der Waals surface area contributed by atoms with Crippen molar-refractivity contribution in [3.8, 4) is 0 Å². The van der Waals surface area contributed by atoms with E-state index in [2.05, 4.69) is 26.0 Å². The van der Waals surface area contributed by atoms with Crippen LogP contribution in [0.15, 0.2) is 64.2 Å². The minimum atomic E-state index is -0.456. The van der Waals surface area contributed by atoms with Crippen LogP contribution in [0.3, 0.4) is 0 Å².